The molecule has 0 N–H and O–H groups in total. The zero-order valence-electron chi connectivity index (χ0n) is 24.0. The van der Waals surface area contributed by atoms with Crippen LogP contribution in [0.5, 0.6) is 0 Å². The summed E-state index contributed by atoms with van der Waals surface area (Å²) < 4.78 is 34.3. The summed E-state index contributed by atoms with van der Waals surface area (Å²) in [5, 5.41) is 5.77. The Morgan fingerprint density at radius 2 is 1.49 bits per heavy atom. The smallest absolute Gasteiger partial charge is 0.400 e. The summed E-state index contributed by atoms with van der Waals surface area (Å²) in [6.45, 7) is 19.6. The number of ether oxygens (including phenoxy) is 1. The van der Waals surface area contributed by atoms with Crippen molar-refractivity contribution in [3.63, 3.8) is 0 Å². The number of allylic oxidation sites excluding steroid dienone is 1. The molecule has 3 fully saturated rings. The number of fused-ring (bicyclic) bond motifs is 1. The van der Waals surface area contributed by atoms with Crippen molar-refractivity contribution in [1.29, 1.82) is 0 Å². The molecule has 0 aliphatic carbocycles. The van der Waals surface area contributed by atoms with Crippen LogP contribution in [-0.2, 0) is 23.4 Å². The maximum absolute atomic E-state index is 6.61. The largest absolute Gasteiger partial charge is 0.494 e. The van der Waals surface area contributed by atoms with Crippen molar-refractivity contribution in [2.75, 3.05) is 6.61 Å². The topological polar surface area (TPSA) is 64.0 Å². The van der Waals surface area contributed by atoms with Crippen molar-refractivity contribution < 1.29 is 23.4 Å². The van der Waals surface area contributed by atoms with Crippen LogP contribution in [0.15, 0.2) is 29.9 Å². The molecule has 1 atom stereocenters. The molecular weight excluding hydrogens is 466 g/mol. The molecule has 0 radical (unpaired) electrons. The van der Waals surface area contributed by atoms with Crippen LogP contribution >= 0.6 is 0 Å². The number of aromatic nitrogens is 2. The SMILES string of the molecule is CCC(B1OC(C)(C)C(C)(C)O1)=C(B1OC(C)(C)C(C)(C)O1)c1ccc2c(cnn2C2CCCCO2)c1. The van der Waals surface area contributed by atoms with E-state index in [1.807, 2.05) is 10.9 Å². The second-order valence-corrected chi connectivity index (χ2v) is 12.7. The third-order valence-electron chi connectivity index (χ3n) is 9.09. The Bertz CT molecular complexity index is 1160. The Morgan fingerprint density at radius 1 is 0.892 bits per heavy atom. The number of nitrogens with zero attached hydrogens (tertiary/aromatic N) is 2. The molecule has 0 spiro atoms. The second-order valence-electron chi connectivity index (χ2n) is 12.7. The van der Waals surface area contributed by atoms with Gasteiger partial charge in [-0.3, -0.25) is 0 Å². The van der Waals surface area contributed by atoms with Gasteiger partial charge in [-0.05, 0) is 110 Å². The van der Waals surface area contributed by atoms with Gasteiger partial charge in [0.1, 0.15) is 0 Å². The first-order chi connectivity index (χ1) is 17.3. The normalized spacial score (nSPS) is 27.1. The van der Waals surface area contributed by atoms with Gasteiger partial charge in [0.25, 0.3) is 0 Å². The summed E-state index contributed by atoms with van der Waals surface area (Å²) in [6.07, 6.45) is 5.92. The van der Waals surface area contributed by atoms with Crippen molar-refractivity contribution in [2.45, 2.75) is 117 Å². The fourth-order valence-corrected chi connectivity index (χ4v) is 5.27. The highest BCUT2D eigenvalue weighted by Gasteiger charge is 2.56. The van der Waals surface area contributed by atoms with E-state index in [0.29, 0.717) is 0 Å². The fraction of sp³-hybridized carbons (Fsp3) is 0.679. The monoisotopic (exact) mass is 508 g/mol. The fourth-order valence-electron chi connectivity index (χ4n) is 5.27. The molecule has 7 nitrogen and oxygen atoms in total. The summed E-state index contributed by atoms with van der Waals surface area (Å²) in [5.41, 5.74) is 2.30. The molecule has 0 saturated carbocycles. The molecule has 37 heavy (non-hydrogen) atoms. The predicted octanol–water partition coefficient (Wildman–Crippen LogP) is 6.16. The van der Waals surface area contributed by atoms with Crippen LogP contribution in [0, 0.1) is 0 Å². The molecule has 3 saturated heterocycles. The average Bonchev–Trinajstić information content (AvgIpc) is 3.40. The number of hydrogen-bond acceptors (Lipinski definition) is 6. The minimum Gasteiger partial charge on any atom is -0.400 e. The van der Waals surface area contributed by atoms with Crippen molar-refractivity contribution in [3.8, 4) is 0 Å². The zero-order chi connectivity index (χ0) is 26.8. The van der Waals surface area contributed by atoms with E-state index in [-0.39, 0.29) is 6.23 Å². The molecule has 1 unspecified atom stereocenters. The summed E-state index contributed by atoms with van der Waals surface area (Å²) in [6, 6.07) is 6.46. The van der Waals surface area contributed by atoms with Gasteiger partial charge in [-0.25, -0.2) is 4.68 Å². The number of hydrogen-bond donors (Lipinski definition) is 0. The maximum atomic E-state index is 6.61. The highest BCUT2D eigenvalue weighted by Crippen LogP contribution is 2.45. The van der Waals surface area contributed by atoms with Gasteiger partial charge in [0.15, 0.2) is 6.23 Å². The van der Waals surface area contributed by atoms with Crippen molar-refractivity contribution in [3.05, 3.63) is 35.4 Å². The van der Waals surface area contributed by atoms with E-state index in [0.717, 1.165) is 59.7 Å². The highest BCUT2D eigenvalue weighted by molar-refractivity contribution is 6.74. The first-order valence-corrected chi connectivity index (χ1v) is 13.8. The molecule has 4 heterocycles. The molecular formula is C28H42B2N2O5. The lowest BCUT2D eigenvalue weighted by atomic mass is 9.61. The Balaban J connectivity index is 1.61. The summed E-state index contributed by atoms with van der Waals surface area (Å²) >= 11 is 0. The number of rotatable bonds is 5. The predicted molar refractivity (Wildman–Crippen MR) is 148 cm³/mol. The van der Waals surface area contributed by atoms with Crippen LogP contribution < -0.4 is 0 Å². The van der Waals surface area contributed by atoms with Gasteiger partial charge in [-0.2, -0.15) is 5.10 Å². The third kappa shape index (κ3) is 4.61. The van der Waals surface area contributed by atoms with E-state index in [2.05, 4.69) is 80.5 Å². The lowest BCUT2D eigenvalue weighted by Crippen LogP contribution is -2.41. The Labute approximate surface area is 222 Å². The lowest BCUT2D eigenvalue weighted by molar-refractivity contribution is -0.0366. The Morgan fingerprint density at radius 3 is 2.03 bits per heavy atom. The quantitative estimate of drug-likeness (QED) is 0.451. The number of benzene rings is 1. The van der Waals surface area contributed by atoms with Crippen LogP contribution in [0.1, 0.15) is 99.8 Å². The van der Waals surface area contributed by atoms with E-state index in [1.54, 1.807) is 0 Å². The van der Waals surface area contributed by atoms with Gasteiger partial charge in [0, 0.05) is 12.0 Å². The van der Waals surface area contributed by atoms with Crippen molar-refractivity contribution in [1.82, 2.24) is 9.78 Å². The van der Waals surface area contributed by atoms with Gasteiger partial charge < -0.3 is 23.4 Å². The van der Waals surface area contributed by atoms with Crippen LogP contribution in [-0.4, -0.2) is 53.0 Å². The molecule has 5 rings (SSSR count). The maximum Gasteiger partial charge on any atom is 0.494 e. The second kappa shape index (κ2) is 9.23. The summed E-state index contributed by atoms with van der Waals surface area (Å²) in [5.74, 6) is 0. The minimum absolute atomic E-state index is 0.00818. The van der Waals surface area contributed by atoms with E-state index >= 15 is 0 Å². The summed E-state index contributed by atoms with van der Waals surface area (Å²) in [7, 11) is -1.04. The van der Waals surface area contributed by atoms with E-state index in [4.69, 9.17) is 28.5 Å². The van der Waals surface area contributed by atoms with Crippen molar-refractivity contribution in [2.24, 2.45) is 0 Å². The molecule has 1 aromatic heterocycles. The lowest BCUT2D eigenvalue weighted by Gasteiger charge is -2.32. The van der Waals surface area contributed by atoms with Gasteiger partial charge in [-0.1, -0.05) is 13.0 Å². The zero-order valence-corrected chi connectivity index (χ0v) is 24.0. The van der Waals surface area contributed by atoms with Crippen molar-refractivity contribution >= 4 is 30.6 Å². The third-order valence-corrected chi connectivity index (χ3v) is 9.09. The van der Waals surface area contributed by atoms with Gasteiger partial charge in [-0.15, -0.1) is 0 Å². The van der Waals surface area contributed by atoms with Crippen LogP contribution in [0.2, 0.25) is 0 Å². The molecule has 9 heteroatoms. The standard InChI is InChI=1S/C28H42B2N2O5/c1-10-21(29-34-25(2,3)26(4,5)35-29)24(30-36-27(6,7)28(8,9)37-30)19-14-15-22-20(17-19)18-31-32(22)23-13-11-12-16-33-23/h14-15,17-18,23H,10-13,16H2,1-9H3. The molecule has 0 amide bonds. The molecule has 2 aromatic rings. The summed E-state index contributed by atoms with van der Waals surface area (Å²) in [4.78, 5) is 0. The first kappa shape index (κ1) is 26.9. The van der Waals surface area contributed by atoms with E-state index < -0.39 is 36.6 Å². The van der Waals surface area contributed by atoms with E-state index in [1.165, 1.54) is 0 Å². The van der Waals surface area contributed by atoms with Gasteiger partial charge in [0.2, 0.25) is 0 Å². The Hall–Kier alpha value is -1.64. The first-order valence-electron chi connectivity index (χ1n) is 13.8. The molecule has 200 valence electrons. The van der Waals surface area contributed by atoms with E-state index in [9.17, 15) is 0 Å². The highest BCUT2D eigenvalue weighted by atomic mass is 16.7. The van der Waals surface area contributed by atoms with Crippen LogP contribution in [0.3, 0.4) is 0 Å². The van der Waals surface area contributed by atoms with Gasteiger partial charge in [0.05, 0.1) is 34.1 Å². The minimum atomic E-state index is -0.548. The molecule has 3 aliphatic heterocycles. The molecule has 3 aliphatic rings. The molecule has 0 bridgehead atoms. The Kier molecular flexibility index (Phi) is 6.72. The average molecular weight is 508 g/mol. The van der Waals surface area contributed by atoms with Gasteiger partial charge >= 0.3 is 14.2 Å². The van der Waals surface area contributed by atoms with Crippen LogP contribution in [0.25, 0.3) is 16.4 Å². The van der Waals surface area contributed by atoms with Crippen LogP contribution in [0.4, 0.5) is 0 Å². The molecule has 1 aromatic carbocycles.